The monoisotopic (exact) mass is 415 g/mol. The molecule has 0 aliphatic heterocycles. The average Bonchev–Trinajstić information content (AvgIpc) is 3.07. The van der Waals surface area contributed by atoms with Gasteiger partial charge in [-0.05, 0) is 36.6 Å². The molecule has 0 bridgehead atoms. The Labute approximate surface area is 173 Å². The van der Waals surface area contributed by atoms with Crippen LogP contribution in [0, 0.1) is 0 Å². The lowest BCUT2D eigenvalue weighted by atomic mass is 10.1. The van der Waals surface area contributed by atoms with Gasteiger partial charge in [0.25, 0.3) is 0 Å². The summed E-state index contributed by atoms with van der Waals surface area (Å²) in [6.07, 6.45) is 5.24. The summed E-state index contributed by atoms with van der Waals surface area (Å²) in [4.78, 5) is 16.2. The van der Waals surface area contributed by atoms with Gasteiger partial charge >= 0.3 is 5.69 Å². The van der Waals surface area contributed by atoms with Crippen LogP contribution in [0.2, 0.25) is 5.02 Å². The van der Waals surface area contributed by atoms with Crippen LogP contribution in [0.15, 0.2) is 65.7 Å². The number of anilines is 1. The predicted octanol–water partition coefficient (Wildman–Crippen LogP) is 4.20. The maximum Gasteiger partial charge on any atom is 0.347 e. The fourth-order valence-electron chi connectivity index (χ4n) is 3.02. The number of hydrogen-bond acceptors (Lipinski definition) is 4. The van der Waals surface area contributed by atoms with Gasteiger partial charge in [-0.15, -0.1) is 12.4 Å². The van der Waals surface area contributed by atoms with Crippen molar-refractivity contribution in [3.05, 3.63) is 82.0 Å². The molecule has 4 rings (SSSR count). The van der Waals surface area contributed by atoms with Crippen LogP contribution in [0.1, 0.15) is 12.0 Å². The molecule has 4 aromatic rings. The van der Waals surface area contributed by atoms with Crippen LogP contribution in [-0.4, -0.2) is 26.1 Å². The van der Waals surface area contributed by atoms with Crippen molar-refractivity contribution in [2.75, 3.05) is 11.9 Å². The zero-order valence-electron chi connectivity index (χ0n) is 14.9. The number of nitrogens with one attached hydrogen (secondary N) is 2. The molecule has 0 fully saturated rings. The Kier molecular flexibility index (Phi) is 6.34. The van der Waals surface area contributed by atoms with Gasteiger partial charge in [-0.2, -0.15) is 5.10 Å². The molecule has 2 N–H and O–H groups in total. The Bertz CT molecular complexity index is 1120. The number of aromatic amines is 1. The Morgan fingerprint density at radius 3 is 2.79 bits per heavy atom. The van der Waals surface area contributed by atoms with Crippen molar-refractivity contribution in [1.29, 1.82) is 0 Å². The summed E-state index contributed by atoms with van der Waals surface area (Å²) in [5.41, 5.74) is 4.30. The van der Waals surface area contributed by atoms with Gasteiger partial charge in [-0.1, -0.05) is 41.9 Å². The highest BCUT2D eigenvalue weighted by Gasteiger charge is 2.08. The third-order valence-electron chi connectivity index (χ3n) is 4.33. The van der Waals surface area contributed by atoms with Gasteiger partial charge in [-0.25, -0.2) is 14.3 Å². The van der Waals surface area contributed by atoms with Gasteiger partial charge in [0.15, 0.2) is 5.65 Å². The van der Waals surface area contributed by atoms with Crippen LogP contribution in [0.4, 0.5) is 5.69 Å². The van der Waals surface area contributed by atoms with Crippen molar-refractivity contribution >= 4 is 35.3 Å². The van der Waals surface area contributed by atoms with E-state index >= 15 is 0 Å². The first kappa shape index (κ1) is 19.9. The van der Waals surface area contributed by atoms with Crippen LogP contribution < -0.4 is 11.0 Å². The smallest absolute Gasteiger partial charge is 0.347 e. The number of halogens is 2. The molecule has 0 amide bonds. The molecular weight excluding hydrogens is 397 g/mol. The van der Waals surface area contributed by atoms with Crippen molar-refractivity contribution in [3.63, 3.8) is 0 Å². The molecule has 1 aromatic carbocycles. The van der Waals surface area contributed by atoms with Gasteiger partial charge in [0.05, 0.1) is 16.4 Å². The maximum absolute atomic E-state index is 11.7. The van der Waals surface area contributed by atoms with Crippen molar-refractivity contribution in [3.8, 4) is 11.3 Å². The highest BCUT2D eigenvalue weighted by molar-refractivity contribution is 6.30. The predicted molar refractivity (Wildman–Crippen MR) is 115 cm³/mol. The summed E-state index contributed by atoms with van der Waals surface area (Å²) < 4.78 is 1.40. The molecule has 0 radical (unpaired) electrons. The fourth-order valence-corrected chi connectivity index (χ4v) is 3.23. The quantitative estimate of drug-likeness (QED) is 0.462. The van der Waals surface area contributed by atoms with Crippen LogP contribution in [0.5, 0.6) is 0 Å². The second-order valence-electron chi connectivity index (χ2n) is 6.24. The molecule has 8 heteroatoms. The van der Waals surface area contributed by atoms with E-state index < -0.39 is 0 Å². The minimum Gasteiger partial charge on any atom is -0.382 e. The zero-order chi connectivity index (χ0) is 18.6. The van der Waals surface area contributed by atoms with E-state index in [9.17, 15) is 4.79 Å². The first-order chi connectivity index (χ1) is 13.2. The van der Waals surface area contributed by atoms with E-state index in [1.165, 1.54) is 9.96 Å². The average molecular weight is 416 g/mol. The minimum atomic E-state index is -0.305. The highest BCUT2D eigenvalue weighted by Crippen LogP contribution is 2.20. The fraction of sp³-hybridized carbons (Fsp3) is 0.150. The first-order valence-corrected chi connectivity index (χ1v) is 9.09. The third-order valence-corrected chi connectivity index (χ3v) is 4.54. The Balaban J connectivity index is 0.00000225. The molecule has 0 saturated heterocycles. The number of aryl methyl sites for hydroxylation is 1. The molecule has 0 atom stereocenters. The number of H-pyrrole nitrogens is 1. The largest absolute Gasteiger partial charge is 0.382 e. The molecule has 28 heavy (non-hydrogen) atoms. The molecule has 6 nitrogen and oxygen atoms in total. The van der Waals surface area contributed by atoms with E-state index in [1.807, 2.05) is 30.5 Å². The molecule has 0 aliphatic carbocycles. The maximum atomic E-state index is 11.7. The summed E-state index contributed by atoms with van der Waals surface area (Å²) in [6.45, 7) is 0.736. The summed E-state index contributed by atoms with van der Waals surface area (Å²) in [6, 6.07) is 16.1. The zero-order valence-corrected chi connectivity index (χ0v) is 16.5. The molecule has 144 valence electrons. The van der Waals surface area contributed by atoms with E-state index in [1.54, 1.807) is 12.3 Å². The van der Waals surface area contributed by atoms with E-state index in [0.717, 1.165) is 36.3 Å². The molecule has 0 unspecified atom stereocenters. The van der Waals surface area contributed by atoms with Crippen molar-refractivity contribution in [2.24, 2.45) is 0 Å². The SMILES string of the molecule is Cl.O=c1[nH]nc2c(NCCCc3ccnc(-c4ccccc4)c3)cc(Cl)cn12. The number of nitrogens with zero attached hydrogens (tertiary/aromatic N) is 3. The van der Waals surface area contributed by atoms with E-state index in [4.69, 9.17) is 11.6 Å². The van der Waals surface area contributed by atoms with Crippen molar-refractivity contribution < 1.29 is 0 Å². The Morgan fingerprint density at radius 2 is 1.96 bits per heavy atom. The lowest BCUT2D eigenvalue weighted by molar-refractivity contribution is 0.861. The number of aromatic nitrogens is 4. The van der Waals surface area contributed by atoms with Crippen molar-refractivity contribution in [2.45, 2.75) is 12.8 Å². The lowest BCUT2D eigenvalue weighted by Crippen LogP contribution is -2.10. The number of pyridine rings is 2. The molecule has 3 aromatic heterocycles. The lowest BCUT2D eigenvalue weighted by Gasteiger charge is -2.08. The summed E-state index contributed by atoms with van der Waals surface area (Å²) >= 11 is 6.09. The third kappa shape index (κ3) is 4.35. The summed E-state index contributed by atoms with van der Waals surface area (Å²) in [5.74, 6) is 0. The van der Waals surface area contributed by atoms with Crippen LogP contribution in [0.3, 0.4) is 0 Å². The Hall–Kier alpha value is -2.83. The van der Waals surface area contributed by atoms with Gasteiger partial charge in [0.2, 0.25) is 0 Å². The number of fused-ring (bicyclic) bond motifs is 1. The van der Waals surface area contributed by atoms with Gasteiger partial charge in [0.1, 0.15) is 0 Å². The van der Waals surface area contributed by atoms with E-state index in [-0.39, 0.29) is 18.1 Å². The van der Waals surface area contributed by atoms with Crippen molar-refractivity contribution in [1.82, 2.24) is 19.6 Å². The van der Waals surface area contributed by atoms with Crippen LogP contribution in [0.25, 0.3) is 16.9 Å². The first-order valence-electron chi connectivity index (χ1n) is 8.71. The number of rotatable bonds is 6. The minimum absolute atomic E-state index is 0. The van der Waals surface area contributed by atoms with E-state index in [2.05, 4.69) is 38.7 Å². The topological polar surface area (TPSA) is 75.1 Å². The Morgan fingerprint density at radius 1 is 1.14 bits per heavy atom. The molecule has 3 heterocycles. The number of benzene rings is 1. The second-order valence-corrected chi connectivity index (χ2v) is 6.68. The molecule has 0 saturated carbocycles. The molecular formula is C20H19Cl2N5O. The van der Waals surface area contributed by atoms with Crippen LogP contribution in [-0.2, 0) is 6.42 Å². The van der Waals surface area contributed by atoms with Crippen LogP contribution >= 0.6 is 24.0 Å². The number of hydrogen-bond donors (Lipinski definition) is 2. The molecule has 0 spiro atoms. The molecule has 0 aliphatic rings. The van der Waals surface area contributed by atoms with E-state index in [0.29, 0.717) is 10.7 Å². The van der Waals surface area contributed by atoms with Gasteiger partial charge in [0, 0.05) is 24.5 Å². The second kappa shape index (κ2) is 8.91. The van der Waals surface area contributed by atoms with Gasteiger partial charge < -0.3 is 5.32 Å². The summed E-state index contributed by atoms with van der Waals surface area (Å²) in [5, 5.41) is 10.3. The standard InChI is InChI=1S/C20H18ClN5O.ClH/c21-16-12-18(19-24-25-20(27)26(19)13-16)22-9-4-5-14-8-10-23-17(11-14)15-6-2-1-3-7-15;/h1-3,6-8,10-13,22H,4-5,9H2,(H,25,27);1H. The normalized spacial score (nSPS) is 10.6. The highest BCUT2D eigenvalue weighted by atomic mass is 35.5. The van der Waals surface area contributed by atoms with Gasteiger partial charge in [-0.3, -0.25) is 4.98 Å². The summed E-state index contributed by atoms with van der Waals surface area (Å²) in [7, 11) is 0.